The summed E-state index contributed by atoms with van der Waals surface area (Å²) in [5.74, 6) is 0.544. The molecule has 0 saturated heterocycles. The summed E-state index contributed by atoms with van der Waals surface area (Å²) in [6.07, 6.45) is 3.54. The summed E-state index contributed by atoms with van der Waals surface area (Å²) in [4.78, 5) is 47.6. The Bertz CT molecular complexity index is 1330. The van der Waals surface area contributed by atoms with E-state index >= 15 is 0 Å². The van der Waals surface area contributed by atoms with Gasteiger partial charge < -0.3 is 25.7 Å². The maximum atomic E-state index is 13.3. The van der Waals surface area contributed by atoms with Gasteiger partial charge in [-0.05, 0) is 48.2 Å². The minimum absolute atomic E-state index is 0.0275. The second-order valence-corrected chi connectivity index (χ2v) is 9.00. The van der Waals surface area contributed by atoms with Crippen LogP contribution in [0.3, 0.4) is 0 Å². The van der Waals surface area contributed by atoms with Crippen molar-refractivity contribution in [3.63, 3.8) is 0 Å². The summed E-state index contributed by atoms with van der Waals surface area (Å²) in [7, 11) is 1.29. The Morgan fingerprint density at radius 2 is 2.03 bits per heavy atom. The number of hydrogen-bond donors (Lipinski definition) is 4. The van der Waals surface area contributed by atoms with Gasteiger partial charge in [0.2, 0.25) is 5.91 Å². The number of anilines is 2. The van der Waals surface area contributed by atoms with E-state index in [0.29, 0.717) is 60.8 Å². The van der Waals surface area contributed by atoms with E-state index in [4.69, 9.17) is 5.73 Å². The largest absolute Gasteiger partial charge is 0.453 e. The molecule has 5 rings (SSSR count). The molecule has 0 saturated carbocycles. The summed E-state index contributed by atoms with van der Waals surface area (Å²) in [5.41, 5.74) is 10.9. The fraction of sp³-hybridized carbons (Fsp3) is 0.308. The Hall–Kier alpha value is -4.18. The number of carbonyl (C=O) groups is 3. The average Bonchev–Trinajstić information content (AvgIpc) is 3.48. The first kappa shape index (κ1) is 23.6. The lowest BCUT2D eigenvalue weighted by atomic mass is 10.0. The maximum Gasteiger partial charge on any atom is 0.411 e. The number of nitrogens with two attached hydrogens (primary N) is 1. The van der Waals surface area contributed by atoms with Gasteiger partial charge >= 0.3 is 6.09 Å². The lowest BCUT2D eigenvalue weighted by Crippen LogP contribution is -2.30. The Morgan fingerprint density at radius 3 is 2.83 bits per heavy atom. The van der Waals surface area contributed by atoms with Crippen LogP contribution in [0, 0.1) is 0 Å². The van der Waals surface area contributed by atoms with Crippen LogP contribution in [0.4, 0.5) is 16.2 Å². The standard InChI is InChI=1S/C26H28N6O4/c1-36-26(35)29-17-7-9-19-20(11-17)30-23(33)5-3-2-4-22(24-28-13-21(19)31-24)32-14-16-10-15(12-27)6-8-18(16)25(32)34/h6-11,13,22H,2-5,12,14,27H2,1H3,(H,28,31)(H,29,35)(H,30,33)/t22-/m0/s1. The molecule has 1 atom stereocenters. The summed E-state index contributed by atoms with van der Waals surface area (Å²) < 4.78 is 4.67. The predicted octanol–water partition coefficient (Wildman–Crippen LogP) is 3.92. The molecule has 0 unspecified atom stereocenters. The van der Waals surface area contributed by atoms with Crippen molar-refractivity contribution < 1.29 is 19.1 Å². The minimum atomic E-state index is -0.601. The molecule has 5 N–H and O–H groups in total. The van der Waals surface area contributed by atoms with Gasteiger partial charge in [0.15, 0.2) is 0 Å². The van der Waals surface area contributed by atoms with Gasteiger partial charge in [-0.2, -0.15) is 0 Å². The number of methoxy groups -OCH3 is 1. The number of imidazole rings is 1. The number of nitrogens with zero attached hydrogens (tertiary/aromatic N) is 2. The summed E-state index contributed by atoms with van der Waals surface area (Å²) >= 11 is 0. The number of rotatable bonds is 3. The average molecular weight is 489 g/mol. The van der Waals surface area contributed by atoms with Crippen LogP contribution in [0.2, 0.25) is 0 Å². The lowest BCUT2D eigenvalue weighted by molar-refractivity contribution is -0.116. The molecule has 3 amide bonds. The molecule has 36 heavy (non-hydrogen) atoms. The first-order valence-electron chi connectivity index (χ1n) is 11.9. The third-order valence-corrected chi connectivity index (χ3v) is 6.67. The number of hydrogen-bond acceptors (Lipinski definition) is 6. The van der Waals surface area contributed by atoms with Crippen molar-refractivity contribution in [2.75, 3.05) is 17.7 Å². The number of carbonyl (C=O) groups excluding carboxylic acids is 3. The Kier molecular flexibility index (Phi) is 6.43. The van der Waals surface area contributed by atoms with Crippen molar-refractivity contribution >= 4 is 29.3 Å². The maximum absolute atomic E-state index is 13.3. The third kappa shape index (κ3) is 4.55. The first-order valence-corrected chi connectivity index (χ1v) is 11.9. The third-order valence-electron chi connectivity index (χ3n) is 6.67. The van der Waals surface area contributed by atoms with Crippen molar-refractivity contribution in [2.45, 2.75) is 44.8 Å². The van der Waals surface area contributed by atoms with Gasteiger partial charge in [-0.25, -0.2) is 9.78 Å². The number of H-pyrrole nitrogens is 1. The molecule has 0 spiro atoms. The highest BCUT2D eigenvalue weighted by molar-refractivity contribution is 5.99. The molecule has 2 aliphatic heterocycles. The van der Waals surface area contributed by atoms with Crippen LogP contribution < -0.4 is 16.4 Å². The molecule has 10 heteroatoms. The number of aromatic nitrogens is 2. The van der Waals surface area contributed by atoms with E-state index in [9.17, 15) is 14.4 Å². The summed E-state index contributed by atoms with van der Waals surface area (Å²) in [5, 5.41) is 5.57. The van der Waals surface area contributed by atoms with Crippen LogP contribution in [0.15, 0.2) is 42.6 Å². The Labute approximate surface area is 208 Å². The Morgan fingerprint density at radius 1 is 1.19 bits per heavy atom. The van der Waals surface area contributed by atoms with Crippen LogP contribution in [0.25, 0.3) is 11.3 Å². The van der Waals surface area contributed by atoms with E-state index in [1.165, 1.54) is 7.11 Å². The SMILES string of the molecule is COC(=O)Nc1ccc2c(c1)NC(=O)CCCC[C@H](N1Cc3cc(CN)ccc3C1=O)c1ncc-2[nH]1. The summed E-state index contributed by atoms with van der Waals surface area (Å²) in [6.45, 7) is 0.910. The number of ether oxygens (including phenoxy) is 1. The molecule has 2 aromatic carbocycles. The van der Waals surface area contributed by atoms with Crippen molar-refractivity contribution in [2.24, 2.45) is 5.73 Å². The number of benzene rings is 2. The van der Waals surface area contributed by atoms with Crippen LogP contribution in [-0.4, -0.2) is 39.9 Å². The quantitative estimate of drug-likeness (QED) is 0.440. The molecule has 186 valence electrons. The molecule has 0 aliphatic carbocycles. The number of amides is 3. The van der Waals surface area contributed by atoms with Crippen LogP contribution in [0.5, 0.6) is 0 Å². The second kappa shape index (κ2) is 9.82. The predicted molar refractivity (Wildman–Crippen MR) is 134 cm³/mol. The fourth-order valence-electron chi connectivity index (χ4n) is 4.82. The van der Waals surface area contributed by atoms with Crippen molar-refractivity contribution in [3.05, 3.63) is 65.1 Å². The van der Waals surface area contributed by atoms with E-state index in [1.807, 2.05) is 23.1 Å². The molecule has 2 aliphatic rings. The van der Waals surface area contributed by atoms with E-state index in [1.54, 1.807) is 24.4 Å². The normalized spacial score (nSPS) is 17.4. The van der Waals surface area contributed by atoms with E-state index in [0.717, 1.165) is 23.1 Å². The first-order chi connectivity index (χ1) is 17.5. The highest BCUT2D eigenvalue weighted by Gasteiger charge is 2.35. The molecular weight excluding hydrogens is 460 g/mol. The molecule has 10 nitrogen and oxygen atoms in total. The molecule has 2 bridgehead atoms. The number of nitrogens with one attached hydrogen (secondary N) is 3. The smallest absolute Gasteiger partial charge is 0.411 e. The van der Waals surface area contributed by atoms with Crippen LogP contribution in [-0.2, 0) is 22.6 Å². The van der Waals surface area contributed by atoms with E-state index in [-0.39, 0.29) is 17.9 Å². The summed E-state index contributed by atoms with van der Waals surface area (Å²) in [6, 6.07) is 10.7. The molecule has 3 heterocycles. The fourth-order valence-corrected chi connectivity index (χ4v) is 4.82. The molecule has 1 aromatic heterocycles. The monoisotopic (exact) mass is 488 g/mol. The van der Waals surface area contributed by atoms with Gasteiger partial charge in [0.25, 0.3) is 5.91 Å². The molecule has 0 radical (unpaired) electrons. The van der Waals surface area contributed by atoms with E-state index < -0.39 is 6.09 Å². The molecule has 0 fully saturated rings. The second-order valence-electron chi connectivity index (χ2n) is 9.00. The molecule has 3 aromatic rings. The van der Waals surface area contributed by atoms with Gasteiger partial charge in [0.05, 0.1) is 30.7 Å². The number of aromatic amines is 1. The van der Waals surface area contributed by atoms with Gasteiger partial charge in [-0.1, -0.05) is 18.6 Å². The zero-order chi connectivity index (χ0) is 25.2. The van der Waals surface area contributed by atoms with Crippen molar-refractivity contribution in [1.82, 2.24) is 14.9 Å². The Balaban J connectivity index is 1.49. The van der Waals surface area contributed by atoms with Gasteiger partial charge in [-0.3, -0.25) is 14.9 Å². The van der Waals surface area contributed by atoms with Gasteiger partial charge in [-0.15, -0.1) is 0 Å². The van der Waals surface area contributed by atoms with Crippen LogP contribution >= 0.6 is 0 Å². The van der Waals surface area contributed by atoms with Crippen molar-refractivity contribution in [3.8, 4) is 11.3 Å². The highest BCUT2D eigenvalue weighted by atomic mass is 16.5. The van der Waals surface area contributed by atoms with Crippen molar-refractivity contribution in [1.29, 1.82) is 0 Å². The topological polar surface area (TPSA) is 142 Å². The van der Waals surface area contributed by atoms with Gasteiger partial charge in [0, 0.05) is 36.3 Å². The van der Waals surface area contributed by atoms with Gasteiger partial charge in [0.1, 0.15) is 5.82 Å². The zero-order valence-electron chi connectivity index (χ0n) is 20.0. The zero-order valence-corrected chi connectivity index (χ0v) is 20.0. The lowest BCUT2D eigenvalue weighted by Gasteiger charge is -2.26. The van der Waals surface area contributed by atoms with E-state index in [2.05, 4.69) is 25.3 Å². The van der Waals surface area contributed by atoms with Crippen LogP contribution in [0.1, 0.15) is 59.0 Å². The molecular formula is C26H28N6O4. The number of fused-ring (bicyclic) bond motifs is 5. The minimum Gasteiger partial charge on any atom is -0.453 e. The highest BCUT2D eigenvalue weighted by Crippen LogP contribution is 2.37.